The molecule has 0 bridgehead atoms. The Balaban J connectivity index is 0. The third kappa shape index (κ3) is 45.6. The number of aliphatic hydroxyl groups excluding tert-OH is 1. The number of esters is 3. The normalized spacial score (nSPS) is 12.2. The Hall–Kier alpha value is -1.75. The topological polar surface area (TPSA) is 108 Å². The van der Waals surface area contributed by atoms with Gasteiger partial charge in [0.1, 0.15) is 19.8 Å². The summed E-state index contributed by atoms with van der Waals surface area (Å²) in [4.78, 5) is 37.7. The predicted molar refractivity (Wildman–Crippen MR) is 240 cm³/mol. The Kier molecular flexibility index (Phi) is 46.0. The first-order valence-electron chi connectivity index (χ1n) is 24.0. The summed E-state index contributed by atoms with van der Waals surface area (Å²) < 4.78 is 22.5. The van der Waals surface area contributed by atoms with Crippen molar-refractivity contribution in [2.75, 3.05) is 60.2 Å². The monoisotopic (exact) mass is 902 g/mol. The molecule has 10 heteroatoms. The van der Waals surface area contributed by atoms with Crippen LogP contribution in [0.5, 0.6) is 0 Å². The number of halogens is 1. The van der Waals surface area contributed by atoms with E-state index in [1.807, 2.05) is 0 Å². The average molecular weight is 903 g/mol. The zero-order chi connectivity index (χ0) is 42.6. The molecule has 9 nitrogen and oxygen atoms in total. The quantitative estimate of drug-likeness (QED) is 0.0213. The SMILES string of the molecule is CCCCCCC/C=C\CCCCCCCC(=O)OC(COC(=O)CCCCCCC/C=C\CCCCCCCC)C[N+](C)(C)CCCCC(=O)OCCOCCO.[Br-]. The summed E-state index contributed by atoms with van der Waals surface area (Å²) in [5.41, 5.74) is 0. The number of unbranched alkanes of at least 4 members (excludes halogenated alkanes) is 22. The Bertz CT molecular complexity index is 1000. The van der Waals surface area contributed by atoms with Crippen LogP contribution in [-0.2, 0) is 33.3 Å². The van der Waals surface area contributed by atoms with Crippen LogP contribution in [0.3, 0.4) is 0 Å². The molecule has 0 spiro atoms. The van der Waals surface area contributed by atoms with E-state index >= 15 is 0 Å². The Morgan fingerprint density at radius 3 is 1.39 bits per heavy atom. The average Bonchev–Trinajstić information content (AvgIpc) is 3.20. The first-order chi connectivity index (χ1) is 28.2. The number of quaternary nitrogens is 1. The number of nitrogens with zero attached hydrogens (tertiary/aromatic N) is 1. The van der Waals surface area contributed by atoms with E-state index in [1.165, 1.54) is 109 Å². The highest BCUT2D eigenvalue weighted by Gasteiger charge is 2.26. The van der Waals surface area contributed by atoms with Crippen LogP contribution < -0.4 is 17.0 Å². The zero-order valence-corrected chi connectivity index (χ0v) is 40.3. The molecule has 0 aromatic rings. The van der Waals surface area contributed by atoms with Gasteiger partial charge in [-0.15, -0.1) is 0 Å². The van der Waals surface area contributed by atoms with Crippen molar-refractivity contribution in [2.45, 2.75) is 213 Å². The van der Waals surface area contributed by atoms with Gasteiger partial charge in [-0.1, -0.05) is 134 Å². The third-order valence-electron chi connectivity index (χ3n) is 10.6. The van der Waals surface area contributed by atoms with E-state index in [0.29, 0.717) is 36.7 Å². The summed E-state index contributed by atoms with van der Waals surface area (Å²) in [6, 6.07) is 0. The maximum atomic E-state index is 13.0. The number of ether oxygens (including phenoxy) is 4. The summed E-state index contributed by atoms with van der Waals surface area (Å²) in [6.45, 7) is 6.50. The minimum atomic E-state index is -0.525. The van der Waals surface area contributed by atoms with E-state index in [-0.39, 0.29) is 67.9 Å². The van der Waals surface area contributed by atoms with Gasteiger partial charge in [0.15, 0.2) is 6.10 Å². The van der Waals surface area contributed by atoms with Gasteiger partial charge in [-0.05, 0) is 77.0 Å². The molecule has 0 saturated carbocycles. The van der Waals surface area contributed by atoms with Crippen LogP contribution in [0.1, 0.15) is 206 Å². The van der Waals surface area contributed by atoms with Crippen molar-refractivity contribution in [3.05, 3.63) is 24.3 Å². The predicted octanol–water partition coefficient (Wildman–Crippen LogP) is 8.93. The fourth-order valence-corrected chi connectivity index (χ4v) is 7.04. The molecule has 0 heterocycles. The Morgan fingerprint density at radius 2 is 0.915 bits per heavy atom. The van der Waals surface area contributed by atoms with Crippen LogP contribution in [0.15, 0.2) is 24.3 Å². The fraction of sp³-hybridized carbons (Fsp3) is 0.857. The summed E-state index contributed by atoms with van der Waals surface area (Å²) in [6.07, 6.45) is 41.4. The minimum absolute atomic E-state index is 0. The number of rotatable bonds is 44. The number of hydrogen-bond donors (Lipinski definition) is 1. The van der Waals surface area contributed by atoms with E-state index < -0.39 is 6.10 Å². The molecule has 0 aromatic heterocycles. The highest BCUT2D eigenvalue weighted by atomic mass is 79.9. The van der Waals surface area contributed by atoms with Gasteiger partial charge >= 0.3 is 17.9 Å². The van der Waals surface area contributed by atoms with Crippen LogP contribution >= 0.6 is 0 Å². The summed E-state index contributed by atoms with van der Waals surface area (Å²) in [5.74, 6) is -0.722. The first kappa shape index (κ1) is 59.3. The fourth-order valence-electron chi connectivity index (χ4n) is 7.04. The molecule has 1 unspecified atom stereocenters. The molecular weight excluding hydrogens is 810 g/mol. The largest absolute Gasteiger partial charge is 1.00 e. The van der Waals surface area contributed by atoms with E-state index in [1.54, 1.807) is 0 Å². The third-order valence-corrected chi connectivity index (χ3v) is 10.6. The molecule has 0 amide bonds. The number of likely N-dealkylation sites (N-methyl/N-ethyl adjacent to an activating group) is 1. The second kappa shape index (κ2) is 45.8. The lowest BCUT2D eigenvalue weighted by atomic mass is 10.1. The molecule has 1 N–H and O–H groups in total. The van der Waals surface area contributed by atoms with Crippen molar-refractivity contribution in [3.63, 3.8) is 0 Å². The van der Waals surface area contributed by atoms with Crippen molar-refractivity contribution < 1.29 is 59.9 Å². The molecule has 0 aliphatic rings. The zero-order valence-electron chi connectivity index (χ0n) is 38.7. The van der Waals surface area contributed by atoms with Crippen LogP contribution in [-0.4, -0.2) is 93.8 Å². The smallest absolute Gasteiger partial charge is 0.306 e. The molecule has 0 aliphatic heterocycles. The maximum absolute atomic E-state index is 13.0. The van der Waals surface area contributed by atoms with Gasteiger partial charge < -0.3 is 45.5 Å². The molecule has 0 aliphatic carbocycles. The van der Waals surface area contributed by atoms with Crippen molar-refractivity contribution >= 4 is 17.9 Å². The number of carbonyl (C=O) groups is 3. The number of hydrogen-bond acceptors (Lipinski definition) is 8. The first-order valence-corrected chi connectivity index (χ1v) is 24.0. The van der Waals surface area contributed by atoms with E-state index in [0.717, 1.165) is 64.3 Å². The van der Waals surface area contributed by atoms with Gasteiger partial charge in [-0.25, -0.2) is 0 Å². The van der Waals surface area contributed by atoms with E-state index in [4.69, 9.17) is 24.1 Å². The molecule has 59 heavy (non-hydrogen) atoms. The van der Waals surface area contributed by atoms with Gasteiger partial charge in [0, 0.05) is 19.3 Å². The molecule has 348 valence electrons. The molecule has 0 saturated heterocycles. The summed E-state index contributed by atoms with van der Waals surface area (Å²) in [5, 5.41) is 8.77. The lowest BCUT2D eigenvalue weighted by Crippen LogP contribution is -3.00. The van der Waals surface area contributed by atoms with Crippen molar-refractivity contribution in [1.82, 2.24) is 0 Å². The Morgan fingerprint density at radius 1 is 0.508 bits per heavy atom. The number of carbonyl (C=O) groups excluding carboxylic acids is 3. The van der Waals surface area contributed by atoms with Crippen LogP contribution in [0.25, 0.3) is 0 Å². The lowest BCUT2D eigenvalue weighted by Gasteiger charge is -2.33. The summed E-state index contributed by atoms with van der Waals surface area (Å²) in [7, 11) is 4.15. The second-order valence-electron chi connectivity index (χ2n) is 17.0. The summed E-state index contributed by atoms with van der Waals surface area (Å²) >= 11 is 0. The van der Waals surface area contributed by atoms with Gasteiger partial charge in [0.05, 0.1) is 40.5 Å². The van der Waals surface area contributed by atoms with Gasteiger partial charge in [-0.2, -0.15) is 0 Å². The number of aliphatic hydroxyl groups is 1. The van der Waals surface area contributed by atoms with Gasteiger partial charge in [0.25, 0.3) is 0 Å². The van der Waals surface area contributed by atoms with E-state index in [2.05, 4.69) is 52.2 Å². The van der Waals surface area contributed by atoms with Crippen molar-refractivity contribution in [2.24, 2.45) is 0 Å². The van der Waals surface area contributed by atoms with Crippen LogP contribution in [0.4, 0.5) is 0 Å². The number of allylic oxidation sites excluding steroid dienone is 4. The Labute approximate surface area is 373 Å². The minimum Gasteiger partial charge on any atom is -1.00 e. The molecule has 0 aromatic carbocycles. The maximum Gasteiger partial charge on any atom is 0.306 e. The van der Waals surface area contributed by atoms with Crippen molar-refractivity contribution in [3.8, 4) is 0 Å². The molecule has 0 radical (unpaired) electrons. The van der Waals surface area contributed by atoms with E-state index in [9.17, 15) is 14.4 Å². The van der Waals surface area contributed by atoms with Gasteiger partial charge in [0.2, 0.25) is 0 Å². The lowest BCUT2D eigenvalue weighted by molar-refractivity contribution is -0.893. The molecule has 1 atom stereocenters. The second-order valence-corrected chi connectivity index (χ2v) is 17.0. The highest BCUT2D eigenvalue weighted by molar-refractivity contribution is 5.70. The van der Waals surface area contributed by atoms with Gasteiger partial charge in [-0.3, -0.25) is 14.4 Å². The highest BCUT2D eigenvalue weighted by Crippen LogP contribution is 2.15. The molecule has 0 fully saturated rings. The molecule has 0 rings (SSSR count). The molecular formula is C49H92BrNO8. The van der Waals surface area contributed by atoms with Crippen LogP contribution in [0, 0.1) is 0 Å². The standard InChI is InChI=1S/C49H92NO8.BrH/c1-5-7-9-11-13-15-17-19-21-23-24-26-28-30-32-36-48(53)57-45-46(44-50(3,4)39-35-34-37-47(52)56-43-42-55-41-40-51)58-49(54)38-33-31-29-27-25-22-20-18-16-14-12-10-8-6-2;/h18-21,46,51H,5-17,22-45H2,1-4H3;1H/q+1;/p-1/b20-18-,21-19-;. The van der Waals surface area contributed by atoms with Crippen molar-refractivity contribution in [1.29, 1.82) is 0 Å². The van der Waals surface area contributed by atoms with Crippen LogP contribution in [0.2, 0.25) is 0 Å².